The van der Waals surface area contributed by atoms with Gasteiger partial charge in [0, 0.05) is 35.8 Å². The lowest BCUT2D eigenvalue weighted by molar-refractivity contribution is 0.413. The third kappa shape index (κ3) is 3.37. The Morgan fingerprint density at radius 1 is 1.05 bits per heavy atom. The van der Waals surface area contributed by atoms with Gasteiger partial charge >= 0.3 is 0 Å². The van der Waals surface area contributed by atoms with Gasteiger partial charge in [-0.1, -0.05) is 23.7 Å². The number of methoxy groups -OCH3 is 1. The Morgan fingerprint density at radius 3 is 2.36 bits per heavy atom. The van der Waals surface area contributed by atoms with Crippen molar-refractivity contribution in [2.45, 2.75) is 18.4 Å². The van der Waals surface area contributed by atoms with E-state index in [4.69, 9.17) is 22.1 Å². The molecule has 0 spiro atoms. The molecule has 0 aromatic heterocycles. The Balaban J connectivity index is 1.79. The van der Waals surface area contributed by atoms with E-state index in [-0.39, 0.29) is 6.04 Å². The van der Waals surface area contributed by atoms with Crippen molar-refractivity contribution in [3.05, 3.63) is 59.1 Å². The summed E-state index contributed by atoms with van der Waals surface area (Å²) in [4.78, 5) is 2.35. The molecule has 3 rings (SSSR count). The van der Waals surface area contributed by atoms with Gasteiger partial charge in [0.25, 0.3) is 0 Å². The molecule has 1 heterocycles. The third-order valence-corrected chi connectivity index (χ3v) is 4.51. The summed E-state index contributed by atoms with van der Waals surface area (Å²) in [6, 6.07) is 16.5. The molecule has 1 aliphatic rings. The van der Waals surface area contributed by atoms with E-state index in [9.17, 15) is 0 Å². The molecule has 3 nitrogen and oxygen atoms in total. The zero-order valence-electron chi connectivity index (χ0n) is 12.7. The van der Waals surface area contributed by atoms with Crippen LogP contribution in [0.4, 0.5) is 5.69 Å². The van der Waals surface area contributed by atoms with Crippen LogP contribution in [0.15, 0.2) is 48.5 Å². The molecule has 0 bridgehead atoms. The summed E-state index contributed by atoms with van der Waals surface area (Å²) in [6.45, 7) is 1.86. The van der Waals surface area contributed by atoms with Crippen LogP contribution in [0.2, 0.25) is 5.02 Å². The largest absolute Gasteiger partial charge is 0.497 e. The highest BCUT2D eigenvalue weighted by Gasteiger charge is 2.26. The molecule has 0 radical (unpaired) electrons. The summed E-state index contributed by atoms with van der Waals surface area (Å²) < 4.78 is 5.23. The van der Waals surface area contributed by atoms with Crippen molar-refractivity contribution in [2.75, 3.05) is 25.1 Å². The molecule has 1 saturated heterocycles. The van der Waals surface area contributed by atoms with Gasteiger partial charge in [0.05, 0.1) is 7.11 Å². The summed E-state index contributed by atoms with van der Waals surface area (Å²) in [5, 5.41) is 0.761. The van der Waals surface area contributed by atoms with Crippen LogP contribution in [0.25, 0.3) is 0 Å². The van der Waals surface area contributed by atoms with Crippen LogP contribution in [-0.2, 0) is 0 Å². The Morgan fingerprint density at radius 2 is 1.73 bits per heavy atom. The molecule has 1 aliphatic heterocycles. The standard InChI is InChI=1S/C18H21ClN2O/c1-22-18-8-2-13(3-9-18)14-10-16(20)12-21(11-14)17-6-4-15(19)5-7-17/h2-9,14,16H,10-12,20H2,1H3. The van der Waals surface area contributed by atoms with E-state index in [1.807, 2.05) is 24.3 Å². The van der Waals surface area contributed by atoms with Crippen LogP contribution < -0.4 is 15.4 Å². The fraction of sp³-hybridized carbons (Fsp3) is 0.333. The first-order valence-corrected chi connectivity index (χ1v) is 7.93. The molecule has 2 aromatic carbocycles. The van der Waals surface area contributed by atoms with E-state index >= 15 is 0 Å². The van der Waals surface area contributed by atoms with Crippen LogP contribution in [0.3, 0.4) is 0 Å². The van der Waals surface area contributed by atoms with Gasteiger partial charge in [-0.25, -0.2) is 0 Å². The highest BCUT2D eigenvalue weighted by Crippen LogP contribution is 2.31. The first kappa shape index (κ1) is 15.2. The molecule has 0 amide bonds. The molecular formula is C18H21ClN2O. The summed E-state index contributed by atoms with van der Waals surface area (Å²) in [7, 11) is 1.69. The van der Waals surface area contributed by atoms with Crippen LogP contribution in [0.1, 0.15) is 17.9 Å². The van der Waals surface area contributed by atoms with Gasteiger partial charge in [-0.15, -0.1) is 0 Å². The number of benzene rings is 2. The normalized spacial score (nSPS) is 21.7. The summed E-state index contributed by atoms with van der Waals surface area (Å²) in [6.07, 6.45) is 1.01. The van der Waals surface area contributed by atoms with Gasteiger partial charge in [-0.2, -0.15) is 0 Å². The molecule has 1 fully saturated rings. The second-order valence-electron chi connectivity index (χ2n) is 5.85. The van der Waals surface area contributed by atoms with Crippen molar-refractivity contribution in [3.8, 4) is 5.75 Å². The lowest BCUT2D eigenvalue weighted by Gasteiger charge is -2.38. The Bertz CT molecular complexity index is 612. The number of hydrogen-bond donors (Lipinski definition) is 1. The maximum atomic E-state index is 6.28. The monoisotopic (exact) mass is 316 g/mol. The molecule has 0 aliphatic carbocycles. The van der Waals surface area contributed by atoms with Gasteiger partial charge in [0.15, 0.2) is 0 Å². The first-order valence-electron chi connectivity index (χ1n) is 7.56. The van der Waals surface area contributed by atoms with E-state index in [0.29, 0.717) is 5.92 Å². The molecule has 22 heavy (non-hydrogen) atoms. The second kappa shape index (κ2) is 6.59. The summed E-state index contributed by atoms with van der Waals surface area (Å²) in [5.74, 6) is 1.32. The van der Waals surface area contributed by atoms with Crippen molar-refractivity contribution in [2.24, 2.45) is 5.73 Å². The quantitative estimate of drug-likeness (QED) is 0.939. The van der Waals surface area contributed by atoms with Gasteiger partial charge in [-0.05, 0) is 48.4 Å². The predicted octanol–water partition coefficient (Wildman–Crippen LogP) is 3.67. The minimum Gasteiger partial charge on any atom is -0.497 e. The number of ether oxygens (including phenoxy) is 1. The summed E-state index contributed by atoms with van der Waals surface area (Å²) in [5.41, 5.74) is 8.78. The van der Waals surface area contributed by atoms with E-state index < -0.39 is 0 Å². The average Bonchev–Trinajstić information content (AvgIpc) is 2.55. The van der Waals surface area contributed by atoms with Gasteiger partial charge in [0.2, 0.25) is 0 Å². The van der Waals surface area contributed by atoms with Crippen molar-refractivity contribution in [3.63, 3.8) is 0 Å². The molecule has 2 atom stereocenters. The van der Waals surface area contributed by atoms with Gasteiger partial charge < -0.3 is 15.4 Å². The second-order valence-corrected chi connectivity index (χ2v) is 6.28. The zero-order chi connectivity index (χ0) is 15.5. The maximum absolute atomic E-state index is 6.28. The van der Waals surface area contributed by atoms with E-state index in [1.165, 1.54) is 11.3 Å². The van der Waals surface area contributed by atoms with Gasteiger partial charge in [0.1, 0.15) is 5.75 Å². The topological polar surface area (TPSA) is 38.5 Å². The van der Waals surface area contributed by atoms with E-state index in [2.05, 4.69) is 29.2 Å². The number of nitrogens with zero attached hydrogens (tertiary/aromatic N) is 1. The van der Waals surface area contributed by atoms with Crippen LogP contribution in [-0.4, -0.2) is 26.2 Å². The maximum Gasteiger partial charge on any atom is 0.118 e. The number of nitrogens with two attached hydrogens (primary N) is 1. The van der Waals surface area contributed by atoms with E-state index in [0.717, 1.165) is 30.3 Å². The Labute approximate surface area is 136 Å². The van der Waals surface area contributed by atoms with Crippen LogP contribution in [0.5, 0.6) is 5.75 Å². The van der Waals surface area contributed by atoms with Crippen molar-refractivity contribution >= 4 is 17.3 Å². The minimum absolute atomic E-state index is 0.177. The minimum atomic E-state index is 0.177. The lowest BCUT2D eigenvalue weighted by Crippen LogP contribution is -2.46. The highest BCUT2D eigenvalue weighted by atomic mass is 35.5. The fourth-order valence-electron chi connectivity index (χ4n) is 3.12. The SMILES string of the molecule is COc1ccc(C2CC(N)CN(c3ccc(Cl)cc3)C2)cc1. The van der Waals surface area contributed by atoms with Crippen molar-refractivity contribution < 1.29 is 4.74 Å². The molecule has 2 unspecified atom stereocenters. The highest BCUT2D eigenvalue weighted by molar-refractivity contribution is 6.30. The zero-order valence-corrected chi connectivity index (χ0v) is 13.5. The predicted molar refractivity (Wildman–Crippen MR) is 92.0 cm³/mol. The van der Waals surface area contributed by atoms with Crippen molar-refractivity contribution in [1.29, 1.82) is 0 Å². The number of hydrogen-bond acceptors (Lipinski definition) is 3. The molecule has 0 saturated carbocycles. The van der Waals surface area contributed by atoms with Crippen LogP contribution in [0, 0.1) is 0 Å². The third-order valence-electron chi connectivity index (χ3n) is 4.26. The number of piperidine rings is 1. The number of rotatable bonds is 3. The summed E-state index contributed by atoms with van der Waals surface area (Å²) >= 11 is 5.98. The van der Waals surface area contributed by atoms with Crippen LogP contribution >= 0.6 is 11.6 Å². The molecular weight excluding hydrogens is 296 g/mol. The molecule has 2 N–H and O–H groups in total. The number of anilines is 1. The number of halogens is 1. The fourth-order valence-corrected chi connectivity index (χ4v) is 3.24. The Kier molecular flexibility index (Phi) is 4.55. The first-order chi connectivity index (χ1) is 10.7. The van der Waals surface area contributed by atoms with E-state index in [1.54, 1.807) is 7.11 Å². The molecule has 2 aromatic rings. The van der Waals surface area contributed by atoms with Gasteiger partial charge in [-0.3, -0.25) is 0 Å². The smallest absolute Gasteiger partial charge is 0.118 e. The Hall–Kier alpha value is -1.71. The molecule has 116 valence electrons. The van der Waals surface area contributed by atoms with Crippen molar-refractivity contribution in [1.82, 2.24) is 0 Å². The average molecular weight is 317 g/mol. The molecule has 4 heteroatoms. The lowest BCUT2D eigenvalue weighted by atomic mass is 9.88.